The SMILES string of the molecule is OC(CCc1ccccc1)NN(Cc1cccnc1)c1ncc[nH]1. The molecule has 1 aromatic carbocycles. The second-order valence-electron chi connectivity index (χ2n) is 5.53. The monoisotopic (exact) mass is 323 g/mol. The van der Waals surface area contributed by atoms with Crippen LogP contribution in [-0.4, -0.2) is 26.3 Å². The van der Waals surface area contributed by atoms with E-state index in [1.165, 1.54) is 5.56 Å². The van der Waals surface area contributed by atoms with E-state index in [1.54, 1.807) is 29.8 Å². The number of H-pyrrole nitrogens is 1. The number of aromatic amines is 1. The highest BCUT2D eigenvalue weighted by Crippen LogP contribution is 2.11. The van der Waals surface area contributed by atoms with Gasteiger partial charge in [-0.05, 0) is 30.0 Å². The number of aryl methyl sites for hydroxylation is 1. The zero-order valence-corrected chi connectivity index (χ0v) is 13.3. The largest absolute Gasteiger partial charge is 0.377 e. The van der Waals surface area contributed by atoms with Crippen molar-refractivity contribution in [3.63, 3.8) is 0 Å². The summed E-state index contributed by atoms with van der Waals surface area (Å²) in [5, 5.41) is 12.1. The van der Waals surface area contributed by atoms with Crippen molar-refractivity contribution in [1.29, 1.82) is 0 Å². The summed E-state index contributed by atoms with van der Waals surface area (Å²) >= 11 is 0. The minimum atomic E-state index is -0.674. The molecule has 0 saturated carbocycles. The normalized spacial score (nSPS) is 12.0. The predicted octanol–water partition coefficient (Wildman–Crippen LogP) is 2.27. The summed E-state index contributed by atoms with van der Waals surface area (Å²) in [4.78, 5) is 11.4. The van der Waals surface area contributed by atoms with Crippen LogP contribution in [0.4, 0.5) is 5.95 Å². The van der Waals surface area contributed by atoms with E-state index in [4.69, 9.17) is 0 Å². The van der Waals surface area contributed by atoms with Crippen molar-refractivity contribution in [3.05, 3.63) is 78.4 Å². The summed E-state index contributed by atoms with van der Waals surface area (Å²) in [6, 6.07) is 14.0. The number of pyridine rings is 1. The third kappa shape index (κ3) is 4.65. The van der Waals surface area contributed by atoms with Crippen LogP contribution in [0.1, 0.15) is 17.5 Å². The van der Waals surface area contributed by atoms with Crippen molar-refractivity contribution in [1.82, 2.24) is 20.4 Å². The number of imidazole rings is 1. The fourth-order valence-electron chi connectivity index (χ4n) is 2.45. The van der Waals surface area contributed by atoms with Crippen LogP contribution in [0.2, 0.25) is 0 Å². The molecule has 6 nitrogen and oxygen atoms in total. The number of hydrogen-bond acceptors (Lipinski definition) is 5. The summed E-state index contributed by atoms with van der Waals surface area (Å²) in [5.41, 5.74) is 5.33. The fourth-order valence-corrected chi connectivity index (χ4v) is 2.45. The Hall–Kier alpha value is -2.70. The number of aliphatic hydroxyl groups is 1. The van der Waals surface area contributed by atoms with Crippen LogP contribution in [0.15, 0.2) is 67.3 Å². The molecular formula is C18H21N5O. The van der Waals surface area contributed by atoms with E-state index >= 15 is 0 Å². The summed E-state index contributed by atoms with van der Waals surface area (Å²) in [6.45, 7) is 0.545. The number of benzene rings is 1. The van der Waals surface area contributed by atoms with Gasteiger partial charge < -0.3 is 10.1 Å². The lowest BCUT2D eigenvalue weighted by atomic mass is 10.1. The number of hydrogen-bond donors (Lipinski definition) is 3. The van der Waals surface area contributed by atoms with Gasteiger partial charge in [-0.3, -0.25) is 9.99 Å². The Morgan fingerprint density at radius 1 is 1.08 bits per heavy atom. The molecule has 0 aliphatic rings. The predicted molar refractivity (Wildman–Crippen MR) is 92.9 cm³/mol. The third-order valence-electron chi connectivity index (χ3n) is 3.66. The van der Waals surface area contributed by atoms with Gasteiger partial charge in [-0.25, -0.2) is 10.4 Å². The van der Waals surface area contributed by atoms with Crippen LogP contribution in [0.25, 0.3) is 0 Å². The van der Waals surface area contributed by atoms with Crippen molar-refractivity contribution in [2.24, 2.45) is 0 Å². The van der Waals surface area contributed by atoms with Crippen molar-refractivity contribution in [2.45, 2.75) is 25.6 Å². The maximum atomic E-state index is 10.3. The Bertz CT molecular complexity index is 703. The molecule has 2 aromatic heterocycles. The molecule has 124 valence electrons. The number of aliphatic hydroxyl groups excluding tert-OH is 1. The van der Waals surface area contributed by atoms with Crippen LogP contribution in [0, 0.1) is 0 Å². The van der Waals surface area contributed by atoms with Gasteiger partial charge in [-0.2, -0.15) is 0 Å². The maximum absolute atomic E-state index is 10.3. The average Bonchev–Trinajstić information content (AvgIpc) is 3.16. The first-order valence-corrected chi connectivity index (χ1v) is 7.95. The molecule has 1 unspecified atom stereocenters. The van der Waals surface area contributed by atoms with Crippen LogP contribution < -0.4 is 10.4 Å². The van der Waals surface area contributed by atoms with E-state index < -0.39 is 6.23 Å². The quantitative estimate of drug-likeness (QED) is 0.438. The number of rotatable bonds is 8. The molecule has 0 spiro atoms. The summed E-state index contributed by atoms with van der Waals surface area (Å²) < 4.78 is 0. The molecule has 0 aliphatic heterocycles. The first kappa shape index (κ1) is 16.2. The molecule has 0 fully saturated rings. The van der Waals surface area contributed by atoms with E-state index in [1.807, 2.05) is 30.3 Å². The summed E-state index contributed by atoms with van der Waals surface area (Å²) in [7, 11) is 0. The van der Waals surface area contributed by atoms with Gasteiger partial charge in [0.2, 0.25) is 5.95 Å². The van der Waals surface area contributed by atoms with Crippen LogP contribution in [0.5, 0.6) is 0 Å². The lowest BCUT2D eigenvalue weighted by Crippen LogP contribution is -2.45. The number of nitrogens with zero attached hydrogens (tertiary/aromatic N) is 3. The third-order valence-corrected chi connectivity index (χ3v) is 3.66. The van der Waals surface area contributed by atoms with Gasteiger partial charge in [-0.1, -0.05) is 36.4 Å². The minimum Gasteiger partial charge on any atom is -0.377 e. The van der Waals surface area contributed by atoms with E-state index in [0.717, 1.165) is 12.0 Å². The van der Waals surface area contributed by atoms with Gasteiger partial charge >= 0.3 is 0 Å². The molecule has 0 radical (unpaired) electrons. The Kier molecular flexibility index (Phi) is 5.55. The summed E-state index contributed by atoms with van der Waals surface area (Å²) in [6.07, 6.45) is 7.71. The Balaban J connectivity index is 1.61. The van der Waals surface area contributed by atoms with Crippen molar-refractivity contribution in [2.75, 3.05) is 5.01 Å². The van der Waals surface area contributed by atoms with Gasteiger partial charge in [0.15, 0.2) is 0 Å². The fraction of sp³-hybridized carbons (Fsp3) is 0.222. The number of nitrogens with one attached hydrogen (secondary N) is 2. The molecule has 0 saturated heterocycles. The Morgan fingerprint density at radius 2 is 1.92 bits per heavy atom. The second-order valence-corrected chi connectivity index (χ2v) is 5.53. The van der Waals surface area contributed by atoms with Gasteiger partial charge in [0, 0.05) is 24.8 Å². The minimum absolute atomic E-state index is 0.545. The average molecular weight is 323 g/mol. The van der Waals surface area contributed by atoms with E-state index in [0.29, 0.717) is 18.9 Å². The van der Waals surface area contributed by atoms with Crippen LogP contribution in [0.3, 0.4) is 0 Å². The zero-order chi connectivity index (χ0) is 16.6. The highest BCUT2D eigenvalue weighted by molar-refractivity contribution is 5.29. The summed E-state index contributed by atoms with van der Waals surface area (Å²) in [5.74, 6) is 0.651. The van der Waals surface area contributed by atoms with E-state index in [9.17, 15) is 5.11 Å². The van der Waals surface area contributed by atoms with Crippen molar-refractivity contribution in [3.8, 4) is 0 Å². The molecule has 6 heteroatoms. The molecular weight excluding hydrogens is 302 g/mol. The first-order valence-electron chi connectivity index (χ1n) is 7.95. The van der Waals surface area contributed by atoms with E-state index in [2.05, 4.69) is 32.5 Å². The van der Waals surface area contributed by atoms with Gasteiger partial charge in [0.1, 0.15) is 6.23 Å². The first-order chi connectivity index (χ1) is 11.8. The van der Waals surface area contributed by atoms with Gasteiger partial charge in [-0.15, -0.1) is 0 Å². The Labute approximate surface area is 141 Å². The second kappa shape index (κ2) is 8.24. The molecule has 2 heterocycles. The number of anilines is 1. The highest BCUT2D eigenvalue weighted by atomic mass is 16.3. The molecule has 0 bridgehead atoms. The Morgan fingerprint density at radius 3 is 2.62 bits per heavy atom. The number of hydrazine groups is 1. The molecule has 3 aromatic rings. The maximum Gasteiger partial charge on any atom is 0.217 e. The molecule has 0 amide bonds. The smallest absolute Gasteiger partial charge is 0.217 e. The molecule has 1 atom stereocenters. The van der Waals surface area contributed by atoms with Crippen LogP contribution >= 0.6 is 0 Å². The van der Waals surface area contributed by atoms with Crippen molar-refractivity contribution >= 4 is 5.95 Å². The number of aromatic nitrogens is 3. The lowest BCUT2D eigenvalue weighted by molar-refractivity contribution is 0.122. The zero-order valence-electron chi connectivity index (χ0n) is 13.3. The molecule has 0 aliphatic carbocycles. The highest BCUT2D eigenvalue weighted by Gasteiger charge is 2.14. The van der Waals surface area contributed by atoms with Gasteiger partial charge in [0.05, 0.1) is 6.54 Å². The van der Waals surface area contributed by atoms with Crippen molar-refractivity contribution < 1.29 is 5.11 Å². The topological polar surface area (TPSA) is 77.1 Å². The molecule has 24 heavy (non-hydrogen) atoms. The van der Waals surface area contributed by atoms with E-state index in [-0.39, 0.29) is 0 Å². The lowest BCUT2D eigenvalue weighted by Gasteiger charge is -2.26. The molecule has 3 rings (SSSR count). The molecule has 3 N–H and O–H groups in total. The van der Waals surface area contributed by atoms with Gasteiger partial charge in [0.25, 0.3) is 0 Å². The van der Waals surface area contributed by atoms with Crippen LogP contribution in [-0.2, 0) is 13.0 Å². The standard InChI is InChI=1S/C18H21N5O/c24-17(9-8-15-5-2-1-3-6-15)22-23(18-20-11-12-21-18)14-16-7-4-10-19-13-16/h1-7,10-13,17,22,24H,8-9,14H2,(H,20,21).